The monoisotopic (exact) mass is 425 g/mol. The topological polar surface area (TPSA) is 45.2 Å². The molecule has 0 N–H and O–H groups in total. The van der Waals surface area contributed by atoms with Crippen LogP contribution < -0.4 is 4.90 Å². The maximum Gasteiger partial charge on any atom is 0.225 e. The van der Waals surface area contributed by atoms with Gasteiger partial charge in [0.1, 0.15) is 5.82 Å². The van der Waals surface area contributed by atoms with Crippen molar-refractivity contribution in [1.82, 2.24) is 19.9 Å². The quantitative estimate of drug-likeness (QED) is 0.552. The average Bonchev–Trinajstić information content (AvgIpc) is 3.21. The number of benzene rings is 1. The summed E-state index contributed by atoms with van der Waals surface area (Å²) < 4.78 is 13.5. The van der Waals surface area contributed by atoms with Gasteiger partial charge in [-0.25, -0.2) is 19.3 Å². The zero-order chi connectivity index (χ0) is 21.1. The number of halogens is 1. The number of likely N-dealkylation sites (tertiary alicyclic amines) is 1. The SMILES string of the molecule is CCN(CC)c1nccc(-c2sc(C3CCN(C)CC3)nc2-c2ccc(F)cc2)n1. The van der Waals surface area contributed by atoms with Crippen LogP contribution >= 0.6 is 11.3 Å². The summed E-state index contributed by atoms with van der Waals surface area (Å²) in [6.07, 6.45) is 4.04. The Morgan fingerprint density at radius 2 is 1.77 bits per heavy atom. The van der Waals surface area contributed by atoms with Crippen LogP contribution in [0, 0.1) is 5.82 Å². The maximum absolute atomic E-state index is 13.5. The highest BCUT2D eigenvalue weighted by atomic mass is 32.1. The van der Waals surface area contributed by atoms with Gasteiger partial charge in [-0.15, -0.1) is 11.3 Å². The molecule has 0 unspecified atom stereocenters. The highest BCUT2D eigenvalue weighted by molar-refractivity contribution is 7.15. The first-order valence-corrected chi connectivity index (χ1v) is 11.4. The van der Waals surface area contributed by atoms with Crippen molar-refractivity contribution < 1.29 is 4.39 Å². The number of hydrogen-bond acceptors (Lipinski definition) is 6. The molecule has 0 saturated carbocycles. The van der Waals surface area contributed by atoms with Crippen LogP contribution in [0.4, 0.5) is 10.3 Å². The average molecular weight is 426 g/mol. The molecule has 3 aromatic rings. The van der Waals surface area contributed by atoms with E-state index in [0.29, 0.717) is 5.92 Å². The summed E-state index contributed by atoms with van der Waals surface area (Å²) in [5, 5.41) is 1.15. The van der Waals surface area contributed by atoms with Gasteiger partial charge >= 0.3 is 0 Å². The van der Waals surface area contributed by atoms with E-state index in [9.17, 15) is 4.39 Å². The lowest BCUT2D eigenvalue weighted by Crippen LogP contribution is -2.29. The van der Waals surface area contributed by atoms with E-state index in [2.05, 4.69) is 35.7 Å². The molecule has 7 heteroatoms. The molecule has 1 aromatic carbocycles. The first kappa shape index (κ1) is 20.9. The summed E-state index contributed by atoms with van der Waals surface area (Å²) >= 11 is 1.72. The molecule has 0 atom stereocenters. The highest BCUT2D eigenvalue weighted by Gasteiger charge is 2.25. The Morgan fingerprint density at radius 1 is 1.07 bits per heavy atom. The second kappa shape index (κ2) is 9.18. The van der Waals surface area contributed by atoms with E-state index in [0.717, 1.165) is 71.8 Å². The van der Waals surface area contributed by atoms with Gasteiger partial charge in [-0.05, 0) is 77.2 Å². The van der Waals surface area contributed by atoms with Crippen molar-refractivity contribution in [2.75, 3.05) is 38.1 Å². The second-order valence-electron chi connectivity index (χ2n) is 7.73. The fourth-order valence-corrected chi connectivity index (χ4v) is 5.10. The summed E-state index contributed by atoms with van der Waals surface area (Å²) in [4.78, 5) is 19.9. The van der Waals surface area contributed by atoms with Crippen molar-refractivity contribution in [3.63, 3.8) is 0 Å². The molecular weight excluding hydrogens is 397 g/mol. The van der Waals surface area contributed by atoms with Gasteiger partial charge in [-0.2, -0.15) is 0 Å². The van der Waals surface area contributed by atoms with Crippen LogP contribution in [0.1, 0.15) is 37.6 Å². The van der Waals surface area contributed by atoms with Gasteiger partial charge in [0.15, 0.2) is 0 Å². The van der Waals surface area contributed by atoms with E-state index in [1.807, 2.05) is 12.3 Å². The molecule has 30 heavy (non-hydrogen) atoms. The minimum Gasteiger partial charge on any atom is -0.341 e. The summed E-state index contributed by atoms with van der Waals surface area (Å²) in [7, 11) is 2.17. The lowest BCUT2D eigenvalue weighted by Gasteiger charge is -2.27. The normalized spacial score (nSPS) is 15.5. The molecule has 0 amide bonds. The first-order chi connectivity index (χ1) is 14.6. The zero-order valence-corrected chi connectivity index (χ0v) is 18.6. The molecule has 0 radical (unpaired) electrons. The van der Waals surface area contributed by atoms with Crippen LogP contribution in [0.25, 0.3) is 21.8 Å². The van der Waals surface area contributed by atoms with Crippen molar-refractivity contribution in [3.05, 3.63) is 47.4 Å². The van der Waals surface area contributed by atoms with Crippen LogP contribution in [0.15, 0.2) is 36.5 Å². The minimum atomic E-state index is -0.239. The predicted molar refractivity (Wildman–Crippen MR) is 122 cm³/mol. The standard InChI is InChI=1S/C23H28FN5S/c1-4-29(5-2)23-25-13-10-19(26-23)21-20(16-6-8-18(24)9-7-16)27-22(30-21)17-11-14-28(3)15-12-17/h6-10,13,17H,4-5,11-12,14-15H2,1-3H3. The van der Waals surface area contributed by atoms with Crippen molar-refractivity contribution in [1.29, 1.82) is 0 Å². The first-order valence-electron chi connectivity index (χ1n) is 10.6. The van der Waals surface area contributed by atoms with E-state index in [1.165, 1.54) is 12.1 Å². The number of thiazole rings is 1. The Balaban J connectivity index is 1.77. The third-order valence-corrected chi connectivity index (χ3v) is 6.99. The molecule has 0 bridgehead atoms. The summed E-state index contributed by atoms with van der Waals surface area (Å²) in [5.41, 5.74) is 2.69. The van der Waals surface area contributed by atoms with Gasteiger partial charge in [0, 0.05) is 30.8 Å². The molecule has 5 nitrogen and oxygen atoms in total. The molecule has 1 saturated heterocycles. The van der Waals surface area contributed by atoms with E-state index < -0.39 is 0 Å². The number of nitrogens with zero attached hydrogens (tertiary/aromatic N) is 5. The molecule has 0 spiro atoms. The summed E-state index contributed by atoms with van der Waals surface area (Å²) in [6.45, 7) is 8.10. The molecule has 158 valence electrons. The van der Waals surface area contributed by atoms with Crippen LogP contribution in [-0.4, -0.2) is 53.1 Å². The van der Waals surface area contributed by atoms with E-state index >= 15 is 0 Å². The van der Waals surface area contributed by atoms with Gasteiger partial charge in [-0.3, -0.25) is 0 Å². The highest BCUT2D eigenvalue weighted by Crippen LogP contribution is 2.41. The Hall–Kier alpha value is -2.38. The fourth-order valence-electron chi connectivity index (χ4n) is 3.88. The second-order valence-corrected chi connectivity index (χ2v) is 8.76. The molecule has 3 heterocycles. The van der Waals surface area contributed by atoms with Crippen molar-refractivity contribution in [2.24, 2.45) is 0 Å². The Morgan fingerprint density at radius 3 is 2.43 bits per heavy atom. The predicted octanol–water partition coefficient (Wildman–Crippen LogP) is 5.06. The maximum atomic E-state index is 13.5. The number of anilines is 1. The van der Waals surface area contributed by atoms with Gasteiger partial charge in [-0.1, -0.05) is 0 Å². The van der Waals surface area contributed by atoms with Crippen molar-refractivity contribution in [3.8, 4) is 21.8 Å². The van der Waals surface area contributed by atoms with Gasteiger partial charge in [0.05, 0.1) is 21.3 Å². The van der Waals surface area contributed by atoms with Crippen LogP contribution in [0.5, 0.6) is 0 Å². The molecule has 2 aromatic heterocycles. The lowest BCUT2D eigenvalue weighted by atomic mass is 9.98. The molecule has 1 aliphatic heterocycles. The molecule has 1 fully saturated rings. The smallest absolute Gasteiger partial charge is 0.225 e. The Labute approximate surface area is 181 Å². The third-order valence-electron chi connectivity index (χ3n) is 5.75. The summed E-state index contributed by atoms with van der Waals surface area (Å²) in [6, 6.07) is 8.55. The number of piperidine rings is 1. The third kappa shape index (κ3) is 4.37. The summed E-state index contributed by atoms with van der Waals surface area (Å²) in [5.74, 6) is 0.956. The van der Waals surface area contributed by atoms with Gasteiger partial charge in [0.2, 0.25) is 5.95 Å². The van der Waals surface area contributed by atoms with Crippen LogP contribution in [0.3, 0.4) is 0 Å². The van der Waals surface area contributed by atoms with E-state index in [-0.39, 0.29) is 5.82 Å². The van der Waals surface area contributed by atoms with Crippen LogP contribution in [-0.2, 0) is 0 Å². The van der Waals surface area contributed by atoms with Gasteiger partial charge < -0.3 is 9.80 Å². The van der Waals surface area contributed by atoms with E-state index in [1.54, 1.807) is 23.5 Å². The largest absolute Gasteiger partial charge is 0.341 e. The lowest BCUT2D eigenvalue weighted by molar-refractivity contribution is 0.255. The number of hydrogen-bond donors (Lipinski definition) is 0. The minimum absolute atomic E-state index is 0.239. The van der Waals surface area contributed by atoms with E-state index in [4.69, 9.17) is 9.97 Å². The fraction of sp³-hybridized carbons (Fsp3) is 0.435. The molecule has 0 aliphatic carbocycles. The Bertz CT molecular complexity index is 976. The molecular formula is C23H28FN5S. The zero-order valence-electron chi connectivity index (χ0n) is 17.8. The molecule has 1 aliphatic rings. The van der Waals surface area contributed by atoms with Crippen molar-refractivity contribution >= 4 is 17.3 Å². The molecule has 4 rings (SSSR count). The Kier molecular flexibility index (Phi) is 6.39. The van der Waals surface area contributed by atoms with Crippen molar-refractivity contribution in [2.45, 2.75) is 32.6 Å². The van der Waals surface area contributed by atoms with Crippen LogP contribution in [0.2, 0.25) is 0 Å². The number of rotatable bonds is 6. The van der Waals surface area contributed by atoms with Gasteiger partial charge in [0.25, 0.3) is 0 Å². The number of aromatic nitrogens is 3.